The number of benzene rings is 1. The number of methoxy groups -OCH3 is 2. The molecular formula is C16H23NO3. The van der Waals surface area contributed by atoms with Crippen LogP contribution < -0.4 is 14.8 Å². The van der Waals surface area contributed by atoms with E-state index in [2.05, 4.69) is 19.2 Å². The summed E-state index contributed by atoms with van der Waals surface area (Å²) < 4.78 is 10.4. The maximum absolute atomic E-state index is 11.7. The molecule has 1 N–H and O–H groups in total. The van der Waals surface area contributed by atoms with Crippen molar-refractivity contribution >= 4 is 12.0 Å². The number of rotatable bonds is 7. The first-order valence-electron chi connectivity index (χ1n) is 6.74. The Balaban J connectivity index is 2.66. The van der Waals surface area contributed by atoms with Gasteiger partial charge in [0.05, 0.1) is 14.2 Å². The Morgan fingerprint density at radius 3 is 2.65 bits per heavy atom. The molecule has 0 aromatic heterocycles. The average Bonchev–Trinajstić information content (AvgIpc) is 2.44. The van der Waals surface area contributed by atoms with E-state index in [4.69, 9.17) is 9.47 Å². The van der Waals surface area contributed by atoms with Gasteiger partial charge in [0.1, 0.15) is 11.5 Å². The minimum atomic E-state index is -0.101. The van der Waals surface area contributed by atoms with Gasteiger partial charge in [-0.05, 0) is 36.6 Å². The summed E-state index contributed by atoms with van der Waals surface area (Å²) in [5.41, 5.74) is 0.811. The molecular weight excluding hydrogens is 254 g/mol. The Bertz CT molecular complexity index is 467. The SMILES string of the molecule is COc1ccc(OC)c(/C=C/C(=O)NCCC(C)C)c1. The van der Waals surface area contributed by atoms with Crippen LogP contribution in [0.1, 0.15) is 25.8 Å². The Hall–Kier alpha value is -1.97. The normalized spacial score (nSPS) is 10.8. The molecule has 0 saturated heterocycles. The molecule has 4 nitrogen and oxygen atoms in total. The van der Waals surface area contributed by atoms with Gasteiger partial charge in [0, 0.05) is 18.2 Å². The number of hydrogen-bond donors (Lipinski definition) is 1. The van der Waals surface area contributed by atoms with Crippen LogP contribution in [0.25, 0.3) is 6.08 Å². The highest BCUT2D eigenvalue weighted by molar-refractivity contribution is 5.92. The molecule has 0 saturated carbocycles. The van der Waals surface area contributed by atoms with Crippen molar-refractivity contribution in [3.63, 3.8) is 0 Å². The van der Waals surface area contributed by atoms with Crippen molar-refractivity contribution in [3.8, 4) is 11.5 Å². The molecule has 0 radical (unpaired) electrons. The summed E-state index contributed by atoms with van der Waals surface area (Å²) in [5, 5.41) is 2.85. The van der Waals surface area contributed by atoms with Crippen LogP contribution >= 0.6 is 0 Å². The Morgan fingerprint density at radius 2 is 2.05 bits per heavy atom. The van der Waals surface area contributed by atoms with E-state index in [1.165, 1.54) is 6.08 Å². The van der Waals surface area contributed by atoms with Gasteiger partial charge in [0.2, 0.25) is 5.91 Å². The highest BCUT2D eigenvalue weighted by Crippen LogP contribution is 2.24. The molecule has 0 heterocycles. The van der Waals surface area contributed by atoms with Gasteiger partial charge in [0.15, 0.2) is 0 Å². The van der Waals surface area contributed by atoms with Crippen molar-refractivity contribution in [1.82, 2.24) is 5.32 Å². The largest absolute Gasteiger partial charge is 0.497 e. The van der Waals surface area contributed by atoms with E-state index < -0.39 is 0 Å². The molecule has 0 spiro atoms. The van der Waals surface area contributed by atoms with Crippen molar-refractivity contribution in [2.75, 3.05) is 20.8 Å². The van der Waals surface area contributed by atoms with Crippen LogP contribution in [0.5, 0.6) is 11.5 Å². The maximum Gasteiger partial charge on any atom is 0.244 e. The van der Waals surface area contributed by atoms with Gasteiger partial charge in [-0.2, -0.15) is 0 Å². The Morgan fingerprint density at radius 1 is 1.30 bits per heavy atom. The molecule has 1 rings (SSSR count). The van der Waals surface area contributed by atoms with E-state index >= 15 is 0 Å². The number of carbonyl (C=O) groups is 1. The first-order chi connectivity index (χ1) is 9.56. The topological polar surface area (TPSA) is 47.6 Å². The second-order valence-corrected chi connectivity index (χ2v) is 4.91. The summed E-state index contributed by atoms with van der Waals surface area (Å²) in [5.74, 6) is 1.91. The maximum atomic E-state index is 11.7. The average molecular weight is 277 g/mol. The minimum Gasteiger partial charge on any atom is -0.497 e. The van der Waals surface area contributed by atoms with Crippen LogP contribution in [0, 0.1) is 5.92 Å². The zero-order valence-corrected chi connectivity index (χ0v) is 12.6. The molecule has 0 fully saturated rings. The fourth-order valence-corrected chi connectivity index (χ4v) is 1.68. The lowest BCUT2D eigenvalue weighted by Crippen LogP contribution is -2.23. The third-order valence-electron chi connectivity index (χ3n) is 2.87. The molecule has 0 unspecified atom stereocenters. The Labute approximate surface area is 120 Å². The second-order valence-electron chi connectivity index (χ2n) is 4.91. The van der Waals surface area contributed by atoms with Gasteiger partial charge in [-0.1, -0.05) is 13.8 Å². The smallest absolute Gasteiger partial charge is 0.244 e. The van der Waals surface area contributed by atoms with Gasteiger partial charge < -0.3 is 14.8 Å². The van der Waals surface area contributed by atoms with E-state index in [0.29, 0.717) is 18.2 Å². The van der Waals surface area contributed by atoms with Gasteiger partial charge in [-0.25, -0.2) is 0 Å². The lowest BCUT2D eigenvalue weighted by atomic mass is 10.1. The van der Waals surface area contributed by atoms with Gasteiger partial charge >= 0.3 is 0 Å². The van der Waals surface area contributed by atoms with Crippen molar-refractivity contribution in [1.29, 1.82) is 0 Å². The molecule has 110 valence electrons. The van der Waals surface area contributed by atoms with E-state index in [9.17, 15) is 4.79 Å². The van der Waals surface area contributed by atoms with Crippen LogP contribution in [0.15, 0.2) is 24.3 Å². The highest BCUT2D eigenvalue weighted by atomic mass is 16.5. The third kappa shape index (κ3) is 5.34. The zero-order valence-electron chi connectivity index (χ0n) is 12.6. The van der Waals surface area contributed by atoms with E-state index in [0.717, 1.165) is 17.7 Å². The lowest BCUT2D eigenvalue weighted by molar-refractivity contribution is -0.116. The summed E-state index contributed by atoms with van der Waals surface area (Å²) in [6, 6.07) is 5.46. The summed E-state index contributed by atoms with van der Waals surface area (Å²) in [7, 11) is 3.20. The van der Waals surface area contributed by atoms with Crippen molar-refractivity contribution < 1.29 is 14.3 Å². The van der Waals surface area contributed by atoms with Crippen LogP contribution in [0.4, 0.5) is 0 Å². The first kappa shape index (κ1) is 16.1. The van der Waals surface area contributed by atoms with Crippen molar-refractivity contribution in [3.05, 3.63) is 29.8 Å². The van der Waals surface area contributed by atoms with Crippen LogP contribution in [-0.4, -0.2) is 26.7 Å². The van der Waals surface area contributed by atoms with Crippen LogP contribution in [0.2, 0.25) is 0 Å². The molecule has 0 aliphatic heterocycles. The third-order valence-corrected chi connectivity index (χ3v) is 2.87. The number of ether oxygens (including phenoxy) is 2. The van der Waals surface area contributed by atoms with Gasteiger partial charge in [0.25, 0.3) is 0 Å². The fourth-order valence-electron chi connectivity index (χ4n) is 1.68. The van der Waals surface area contributed by atoms with E-state index in [1.807, 2.05) is 18.2 Å². The first-order valence-corrected chi connectivity index (χ1v) is 6.74. The number of hydrogen-bond acceptors (Lipinski definition) is 3. The summed E-state index contributed by atoms with van der Waals surface area (Å²) >= 11 is 0. The summed E-state index contributed by atoms with van der Waals surface area (Å²) in [6.45, 7) is 4.95. The monoisotopic (exact) mass is 277 g/mol. The Kier molecular flexibility index (Phi) is 6.64. The number of carbonyl (C=O) groups excluding carboxylic acids is 1. The van der Waals surface area contributed by atoms with Gasteiger partial charge in [-0.15, -0.1) is 0 Å². The van der Waals surface area contributed by atoms with Gasteiger partial charge in [-0.3, -0.25) is 4.79 Å². The predicted octanol–water partition coefficient (Wildman–Crippen LogP) is 2.88. The fraction of sp³-hybridized carbons (Fsp3) is 0.438. The second kappa shape index (κ2) is 8.25. The standard InChI is InChI=1S/C16H23NO3/c1-12(2)9-10-17-16(18)8-5-13-11-14(19-3)6-7-15(13)20-4/h5-8,11-12H,9-10H2,1-4H3,(H,17,18)/b8-5+. The summed E-state index contributed by atoms with van der Waals surface area (Å²) in [4.78, 5) is 11.7. The zero-order chi connectivity index (χ0) is 15.0. The molecule has 20 heavy (non-hydrogen) atoms. The number of amides is 1. The molecule has 1 aromatic carbocycles. The molecule has 0 aliphatic rings. The van der Waals surface area contributed by atoms with E-state index in [-0.39, 0.29) is 5.91 Å². The molecule has 1 aromatic rings. The minimum absolute atomic E-state index is 0.101. The molecule has 0 aliphatic carbocycles. The van der Waals surface area contributed by atoms with E-state index in [1.54, 1.807) is 20.3 Å². The van der Waals surface area contributed by atoms with Crippen molar-refractivity contribution in [2.24, 2.45) is 5.92 Å². The quantitative estimate of drug-likeness (QED) is 0.780. The van der Waals surface area contributed by atoms with Crippen LogP contribution in [0.3, 0.4) is 0 Å². The highest BCUT2D eigenvalue weighted by Gasteiger charge is 2.03. The molecule has 1 amide bonds. The predicted molar refractivity (Wildman–Crippen MR) is 81.0 cm³/mol. The van der Waals surface area contributed by atoms with Crippen molar-refractivity contribution in [2.45, 2.75) is 20.3 Å². The lowest BCUT2D eigenvalue weighted by Gasteiger charge is -2.07. The summed E-state index contributed by atoms with van der Waals surface area (Å²) in [6.07, 6.45) is 4.21. The van der Waals surface area contributed by atoms with Crippen LogP contribution in [-0.2, 0) is 4.79 Å². The molecule has 4 heteroatoms. The molecule has 0 atom stereocenters. The number of nitrogens with one attached hydrogen (secondary N) is 1. The molecule has 0 bridgehead atoms.